The molecule has 0 aliphatic carbocycles. The van der Waals surface area contributed by atoms with E-state index < -0.39 is 0 Å². The number of aromatic nitrogens is 1. The highest BCUT2D eigenvalue weighted by molar-refractivity contribution is 5.77. The zero-order valence-corrected chi connectivity index (χ0v) is 8.84. The first-order chi connectivity index (χ1) is 7.76. The molecule has 1 amide bonds. The van der Waals surface area contributed by atoms with Crippen LogP contribution in [0.25, 0.3) is 0 Å². The van der Waals surface area contributed by atoms with E-state index in [-0.39, 0.29) is 19.1 Å². The maximum Gasteiger partial charge on any atom is 0.281 e. The van der Waals surface area contributed by atoms with Gasteiger partial charge in [-0.1, -0.05) is 0 Å². The number of ether oxygens (including phenoxy) is 1. The van der Waals surface area contributed by atoms with Crippen LogP contribution in [0, 0.1) is 0 Å². The Balaban J connectivity index is 2.17. The van der Waals surface area contributed by atoms with Gasteiger partial charge in [0.25, 0.3) is 5.91 Å². The zero-order chi connectivity index (χ0) is 11.5. The standard InChI is InChI=1S/C10H12N2O4/c1-15-6-10(14)12-4-7-8(5-13)11-3-2-9(7)16-12/h2-3,13H,4-6H2,1H3. The van der Waals surface area contributed by atoms with E-state index in [0.29, 0.717) is 18.0 Å². The molecule has 86 valence electrons. The fourth-order valence-electron chi connectivity index (χ4n) is 1.54. The van der Waals surface area contributed by atoms with E-state index in [1.807, 2.05) is 0 Å². The monoisotopic (exact) mass is 224 g/mol. The molecule has 0 atom stereocenters. The average molecular weight is 224 g/mol. The first-order valence-corrected chi connectivity index (χ1v) is 4.81. The molecule has 0 saturated heterocycles. The first-order valence-electron chi connectivity index (χ1n) is 4.81. The van der Waals surface area contributed by atoms with Crippen molar-refractivity contribution in [3.63, 3.8) is 0 Å². The van der Waals surface area contributed by atoms with Crippen LogP contribution in [0.1, 0.15) is 11.3 Å². The summed E-state index contributed by atoms with van der Waals surface area (Å²) in [5, 5.41) is 10.3. The van der Waals surface area contributed by atoms with Gasteiger partial charge >= 0.3 is 0 Å². The molecule has 1 aromatic heterocycles. The van der Waals surface area contributed by atoms with Gasteiger partial charge in [-0.15, -0.1) is 0 Å². The number of rotatable bonds is 3. The quantitative estimate of drug-likeness (QED) is 0.773. The van der Waals surface area contributed by atoms with Crippen LogP contribution in [0.4, 0.5) is 0 Å². The van der Waals surface area contributed by atoms with Crippen LogP contribution in [0.5, 0.6) is 5.75 Å². The van der Waals surface area contributed by atoms with Crippen molar-refractivity contribution >= 4 is 5.91 Å². The molecule has 1 aliphatic rings. The molecule has 6 nitrogen and oxygen atoms in total. The second-order valence-electron chi connectivity index (χ2n) is 3.35. The minimum atomic E-state index is -0.261. The van der Waals surface area contributed by atoms with Crippen LogP contribution < -0.4 is 4.84 Å². The largest absolute Gasteiger partial charge is 0.390 e. The Morgan fingerprint density at radius 3 is 3.25 bits per heavy atom. The Labute approximate surface area is 92.4 Å². The molecular weight excluding hydrogens is 212 g/mol. The van der Waals surface area contributed by atoms with Crippen LogP contribution in [0.15, 0.2) is 12.3 Å². The number of aliphatic hydroxyl groups excluding tert-OH is 1. The second-order valence-corrected chi connectivity index (χ2v) is 3.35. The SMILES string of the molecule is COCC(=O)N1Cc2c(ccnc2CO)O1. The van der Waals surface area contributed by atoms with Gasteiger partial charge in [-0.2, -0.15) is 5.06 Å². The van der Waals surface area contributed by atoms with Gasteiger partial charge in [0, 0.05) is 24.9 Å². The predicted molar refractivity (Wildman–Crippen MR) is 53.2 cm³/mol. The third kappa shape index (κ3) is 1.84. The maximum atomic E-state index is 11.5. The number of amides is 1. The molecule has 2 heterocycles. The number of hydrogen-bond acceptors (Lipinski definition) is 5. The van der Waals surface area contributed by atoms with Gasteiger partial charge in [-0.25, -0.2) is 0 Å². The molecule has 0 unspecified atom stereocenters. The topological polar surface area (TPSA) is 71.9 Å². The molecule has 1 N–H and O–H groups in total. The second kappa shape index (κ2) is 4.46. The van der Waals surface area contributed by atoms with E-state index in [4.69, 9.17) is 14.7 Å². The minimum Gasteiger partial charge on any atom is -0.390 e. The van der Waals surface area contributed by atoms with E-state index in [9.17, 15) is 4.79 Å². The van der Waals surface area contributed by atoms with Crippen molar-refractivity contribution in [3.8, 4) is 5.75 Å². The number of pyridine rings is 1. The van der Waals surface area contributed by atoms with Gasteiger partial charge in [0.15, 0.2) is 5.75 Å². The van der Waals surface area contributed by atoms with E-state index in [1.165, 1.54) is 18.4 Å². The normalized spacial score (nSPS) is 13.5. The van der Waals surface area contributed by atoms with Crippen molar-refractivity contribution in [2.45, 2.75) is 13.2 Å². The molecule has 0 aromatic carbocycles. The van der Waals surface area contributed by atoms with Crippen LogP contribution in [-0.2, 0) is 22.7 Å². The molecule has 0 saturated carbocycles. The molecule has 0 fully saturated rings. The zero-order valence-electron chi connectivity index (χ0n) is 8.84. The molecule has 16 heavy (non-hydrogen) atoms. The van der Waals surface area contributed by atoms with E-state index in [0.717, 1.165) is 5.56 Å². The number of carbonyl (C=O) groups excluding carboxylic acids is 1. The number of aliphatic hydroxyl groups is 1. The number of methoxy groups -OCH3 is 1. The van der Waals surface area contributed by atoms with Gasteiger partial charge < -0.3 is 14.7 Å². The summed E-state index contributed by atoms with van der Waals surface area (Å²) in [5.74, 6) is 0.297. The molecule has 1 aromatic rings. The van der Waals surface area contributed by atoms with Gasteiger partial charge in [-0.05, 0) is 0 Å². The Kier molecular flexibility index (Phi) is 3.02. The Bertz CT molecular complexity index is 408. The van der Waals surface area contributed by atoms with Crippen LogP contribution in [-0.4, -0.2) is 34.8 Å². The molecule has 0 bridgehead atoms. The van der Waals surface area contributed by atoms with Crippen molar-refractivity contribution in [1.82, 2.24) is 10.0 Å². The average Bonchev–Trinajstić information content (AvgIpc) is 2.72. The van der Waals surface area contributed by atoms with Crippen molar-refractivity contribution < 1.29 is 19.5 Å². The minimum absolute atomic E-state index is 0.0319. The number of hydrogen-bond donors (Lipinski definition) is 1. The lowest BCUT2D eigenvalue weighted by Crippen LogP contribution is -2.32. The Morgan fingerprint density at radius 1 is 1.75 bits per heavy atom. The van der Waals surface area contributed by atoms with Crippen molar-refractivity contribution in [2.24, 2.45) is 0 Å². The first kappa shape index (κ1) is 10.8. The number of fused-ring (bicyclic) bond motifs is 1. The fourth-order valence-corrected chi connectivity index (χ4v) is 1.54. The van der Waals surface area contributed by atoms with Gasteiger partial charge in [-0.3, -0.25) is 9.78 Å². The van der Waals surface area contributed by atoms with Crippen LogP contribution in [0.3, 0.4) is 0 Å². The lowest BCUT2D eigenvalue weighted by Gasteiger charge is -2.13. The lowest BCUT2D eigenvalue weighted by atomic mass is 10.2. The van der Waals surface area contributed by atoms with Crippen molar-refractivity contribution in [1.29, 1.82) is 0 Å². The highest BCUT2D eigenvalue weighted by atomic mass is 16.7. The summed E-state index contributed by atoms with van der Waals surface area (Å²) < 4.78 is 4.74. The summed E-state index contributed by atoms with van der Waals surface area (Å²) >= 11 is 0. The Morgan fingerprint density at radius 2 is 2.56 bits per heavy atom. The molecule has 0 spiro atoms. The number of nitrogens with zero attached hydrogens (tertiary/aromatic N) is 2. The molecule has 1 aliphatic heterocycles. The number of carbonyl (C=O) groups is 1. The highest BCUT2D eigenvalue weighted by Crippen LogP contribution is 2.29. The molecular formula is C10H12N2O4. The lowest BCUT2D eigenvalue weighted by molar-refractivity contribution is -0.159. The summed E-state index contributed by atoms with van der Waals surface area (Å²) in [7, 11) is 1.45. The summed E-state index contributed by atoms with van der Waals surface area (Å²) in [4.78, 5) is 20.8. The van der Waals surface area contributed by atoms with Gasteiger partial charge in [0.2, 0.25) is 0 Å². The predicted octanol–water partition coefficient (Wildman–Crippen LogP) is -0.144. The number of hydroxylamine groups is 2. The van der Waals surface area contributed by atoms with Crippen LogP contribution >= 0.6 is 0 Å². The summed E-state index contributed by atoms with van der Waals surface area (Å²) in [5.41, 5.74) is 1.28. The van der Waals surface area contributed by atoms with Crippen molar-refractivity contribution in [3.05, 3.63) is 23.5 Å². The fraction of sp³-hybridized carbons (Fsp3) is 0.400. The highest BCUT2D eigenvalue weighted by Gasteiger charge is 2.27. The van der Waals surface area contributed by atoms with Gasteiger partial charge in [0.1, 0.15) is 6.61 Å². The van der Waals surface area contributed by atoms with E-state index >= 15 is 0 Å². The molecule has 0 radical (unpaired) electrons. The summed E-state index contributed by atoms with van der Waals surface area (Å²) in [6, 6.07) is 1.66. The molecule has 6 heteroatoms. The summed E-state index contributed by atoms with van der Waals surface area (Å²) in [6.07, 6.45) is 1.54. The van der Waals surface area contributed by atoms with E-state index in [1.54, 1.807) is 6.07 Å². The van der Waals surface area contributed by atoms with Crippen molar-refractivity contribution in [2.75, 3.05) is 13.7 Å². The van der Waals surface area contributed by atoms with Gasteiger partial charge in [0.05, 0.1) is 18.8 Å². The Hall–Kier alpha value is -1.66. The smallest absolute Gasteiger partial charge is 0.281 e. The third-order valence-corrected chi connectivity index (χ3v) is 2.31. The van der Waals surface area contributed by atoms with E-state index in [2.05, 4.69) is 4.98 Å². The summed E-state index contributed by atoms with van der Waals surface area (Å²) in [6.45, 7) is 0.0932. The maximum absolute atomic E-state index is 11.5. The third-order valence-electron chi connectivity index (χ3n) is 2.31. The van der Waals surface area contributed by atoms with Crippen LogP contribution in [0.2, 0.25) is 0 Å². The molecule has 2 rings (SSSR count).